The third-order valence-corrected chi connectivity index (χ3v) is 4.61. The van der Waals surface area contributed by atoms with Gasteiger partial charge in [0.25, 0.3) is 5.91 Å². The highest BCUT2D eigenvalue weighted by Gasteiger charge is 2.13. The van der Waals surface area contributed by atoms with Gasteiger partial charge < -0.3 is 10.4 Å². The van der Waals surface area contributed by atoms with Crippen molar-refractivity contribution in [2.75, 3.05) is 13.2 Å². The topological polar surface area (TPSA) is 88.0 Å². The molecule has 2 N–H and O–H groups in total. The molecule has 0 aliphatic carbocycles. The average Bonchev–Trinajstić information content (AvgIpc) is 3.19. The van der Waals surface area contributed by atoms with Crippen LogP contribution in [0.4, 0.5) is 0 Å². The molecule has 3 aromatic heterocycles. The minimum absolute atomic E-state index is 0.0156. The molecular formula is C18H18N4O2S. The second-order valence-corrected chi connectivity index (χ2v) is 6.61. The summed E-state index contributed by atoms with van der Waals surface area (Å²) in [5.41, 5.74) is 1.19. The maximum atomic E-state index is 12.2. The van der Waals surface area contributed by atoms with Crippen molar-refractivity contribution in [1.29, 1.82) is 0 Å². The lowest BCUT2D eigenvalue weighted by molar-refractivity contribution is 0.0939. The van der Waals surface area contributed by atoms with Crippen molar-refractivity contribution >= 4 is 17.2 Å². The van der Waals surface area contributed by atoms with E-state index in [9.17, 15) is 9.90 Å². The van der Waals surface area contributed by atoms with Crippen LogP contribution < -0.4 is 5.32 Å². The van der Waals surface area contributed by atoms with E-state index in [1.54, 1.807) is 23.7 Å². The lowest BCUT2D eigenvalue weighted by Gasteiger charge is -2.14. The molecule has 6 nitrogen and oxygen atoms in total. The van der Waals surface area contributed by atoms with Crippen molar-refractivity contribution < 1.29 is 9.90 Å². The summed E-state index contributed by atoms with van der Waals surface area (Å²) < 4.78 is 0. The zero-order valence-corrected chi connectivity index (χ0v) is 14.3. The summed E-state index contributed by atoms with van der Waals surface area (Å²) in [5, 5.41) is 14.3. The van der Waals surface area contributed by atoms with Gasteiger partial charge in [-0.15, -0.1) is 11.3 Å². The van der Waals surface area contributed by atoms with Gasteiger partial charge in [-0.2, -0.15) is 0 Å². The van der Waals surface area contributed by atoms with E-state index in [0.717, 1.165) is 12.0 Å². The Labute approximate surface area is 149 Å². The van der Waals surface area contributed by atoms with Gasteiger partial charge in [0, 0.05) is 54.3 Å². The predicted octanol–water partition coefficient (Wildman–Crippen LogP) is 2.18. The van der Waals surface area contributed by atoms with Crippen LogP contribution in [0.25, 0.3) is 11.4 Å². The number of aliphatic hydroxyl groups excluding tert-OH is 1. The summed E-state index contributed by atoms with van der Waals surface area (Å²) in [6.07, 6.45) is 7.09. The van der Waals surface area contributed by atoms with Gasteiger partial charge in [0.05, 0.1) is 5.56 Å². The minimum atomic E-state index is -0.248. The standard InChI is InChI=1S/C18H18N4O2S/c23-12-13(7-16-4-2-6-25-16)8-22-18(24)15-10-20-17(21-11-15)14-3-1-5-19-9-14/h1-6,9-11,13,23H,7-8,12H2,(H,22,24)/t13-/m0/s1. The van der Waals surface area contributed by atoms with Gasteiger partial charge >= 0.3 is 0 Å². The summed E-state index contributed by atoms with van der Waals surface area (Å²) in [5.74, 6) is 0.260. The van der Waals surface area contributed by atoms with E-state index >= 15 is 0 Å². The Hall–Kier alpha value is -2.64. The molecule has 0 unspecified atom stereocenters. The fourth-order valence-electron chi connectivity index (χ4n) is 2.34. The van der Waals surface area contributed by atoms with Crippen molar-refractivity contribution in [2.45, 2.75) is 6.42 Å². The highest BCUT2D eigenvalue weighted by Crippen LogP contribution is 2.14. The number of hydrogen-bond acceptors (Lipinski definition) is 6. The Morgan fingerprint density at radius 2 is 2.04 bits per heavy atom. The number of aromatic nitrogens is 3. The Bertz CT molecular complexity index is 792. The molecule has 128 valence electrons. The molecule has 0 saturated heterocycles. The van der Waals surface area contributed by atoms with Crippen LogP contribution in [0.15, 0.2) is 54.4 Å². The molecule has 0 bridgehead atoms. The first kappa shape index (κ1) is 17.2. The molecule has 1 atom stereocenters. The lowest BCUT2D eigenvalue weighted by atomic mass is 10.1. The van der Waals surface area contributed by atoms with Crippen LogP contribution in [0.3, 0.4) is 0 Å². The normalized spacial score (nSPS) is 11.9. The fraction of sp³-hybridized carbons (Fsp3) is 0.222. The first-order valence-electron chi connectivity index (χ1n) is 7.90. The van der Waals surface area contributed by atoms with Crippen LogP contribution in [0, 0.1) is 5.92 Å². The van der Waals surface area contributed by atoms with Crippen LogP contribution in [0.1, 0.15) is 15.2 Å². The van der Waals surface area contributed by atoms with Crippen LogP contribution >= 0.6 is 11.3 Å². The average molecular weight is 354 g/mol. The molecule has 0 saturated carbocycles. The van der Waals surface area contributed by atoms with Gasteiger partial charge in [-0.3, -0.25) is 9.78 Å². The molecule has 7 heteroatoms. The van der Waals surface area contributed by atoms with Crippen molar-refractivity contribution in [2.24, 2.45) is 5.92 Å². The third-order valence-electron chi connectivity index (χ3n) is 3.71. The van der Waals surface area contributed by atoms with Gasteiger partial charge in [0.1, 0.15) is 0 Å². The van der Waals surface area contributed by atoms with Gasteiger partial charge in [-0.05, 0) is 30.0 Å². The summed E-state index contributed by atoms with van der Waals surface area (Å²) in [7, 11) is 0. The number of nitrogens with zero attached hydrogens (tertiary/aromatic N) is 3. The third kappa shape index (κ3) is 4.68. The molecule has 3 aromatic rings. The highest BCUT2D eigenvalue weighted by molar-refractivity contribution is 7.09. The Kier molecular flexibility index (Phi) is 5.81. The van der Waals surface area contributed by atoms with Gasteiger partial charge in [-0.1, -0.05) is 6.07 Å². The van der Waals surface area contributed by atoms with Crippen molar-refractivity contribution in [3.63, 3.8) is 0 Å². The van der Waals surface area contributed by atoms with Gasteiger partial charge in [-0.25, -0.2) is 9.97 Å². The molecule has 0 fully saturated rings. The summed E-state index contributed by atoms with van der Waals surface area (Å²) in [6.45, 7) is 0.423. The number of pyridine rings is 1. The first-order valence-corrected chi connectivity index (χ1v) is 8.78. The van der Waals surface area contributed by atoms with Crippen LogP contribution in [-0.4, -0.2) is 39.1 Å². The molecular weight excluding hydrogens is 336 g/mol. The Balaban J connectivity index is 1.57. The molecule has 3 heterocycles. The lowest BCUT2D eigenvalue weighted by Crippen LogP contribution is -2.31. The SMILES string of the molecule is O=C(NC[C@@H](CO)Cc1cccs1)c1cnc(-c2cccnc2)nc1. The van der Waals surface area contributed by atoms with Crippen LogP contribution in [0.2, 0.25) is 0 Å². The summed E-state index contributed by atoms with van der Waals surface area (Å²) in [6, 6.07) is 7.68. The Morgan fingerprint density at radius 3 is 2.68 bits per heavy atom. The fourth-order valence-corrected chi connectivity index (χ4v) is 3.16. The second kappa shape index (κ2) is 8.46. The molecule has 0 aliphatic rings. The van der Waals surface area contributed by atoms with E-state index in [0.29, 0.717) is 17.9 Å². The number of amides is 1. The van der Waals surface area contributed by atoms with Gasteiger partial charge in [0.15, 0.2) is 5.82 Å². The van der Waals surface area contributed by atoms with Crippen LogP contribution in [-0.2, 0) is 6.42 Å². The quantitative estimate of drug-likeness (QED) is 0.679. The number of carbonyl (C=O) groups excluding carboxylic acids is 1. The molecule has 1 amide bonds. The summed E-state index contributed by atoms with van der Waals surface area (Å²) >= 11 is 1.65. The maximum Gasteiger partial charge on any atom is 0.254 e. The Morgan fingerprint density at radius 1 is 1.20 bits per heavy atom. The van der Waals surface area contributed by atoms with Crippen LogP contribution in [0.5, 0.6) is 0 Å². The summed E-state index contributed by atoms with van der Waals surface area (Å²) in [4.78, 5) is 25.9. The molecule has 3 rings (SSSR count). The second-order valence-electron chi connectivity index (χ2n) is 5.58. The number of aliphatic hydroxyl groups is 1. The van der Waals surface area contributed by atoms with E-state index in [-0.39, 0.29) is 18.4 Å². The largest absolute Gasteiger partial charge is 0.396 e. The van der Waals surface area contributed by atoms with Crippen molar-refractivity contribution in [3.05, 3.63) is 64.9 Å². The molecule has 0 aliphatic heterocycles. The van der Waals surface area contributed by atoms with E-state index < -0.39 is 0 Å². The molecule has 0 aromatic carbocycles. The zero-order chi connectivity index (χ0) is 17.5. The number of thiophene rings is 1. The van der Waals surface area contributed by atoms with Crippen molar-refractivity contribution in [3.8, 4) is 11.4 Å². The maximum absolute atomic E-state index is 12.2. The van der Waals surface area contributed by atoms with Gasteiger partial charge in [0.2, 0.25) is 0 Å². The van der Waals surface area contributed by atoms with E-state index in [2.05, 4.69) is 20.3 Å². The van der Waals surface area contributed by atoms with E-state index in [4.69, 9.17) is 0 Å². The number of rotatable bonds is 7. The zero-order valence-electron chi connectivity index (χ0n) is 13.5. The molecule has 0 spiro atoms. The minimum Gasteiger partial charge on any atom is -0.396 e. The van der Waals surface area contributed by atoms with E-state index in [1.165, 1.54) is 17.3 Å². The molecule has 25 heavy (non-hydrogen) atoms. The first-order chi connectivity index (χ1) is 12.3. The highest BCUT2D eigenvalue weighted by atomic mass is 32.1. The monoisotopic (exact) mass is 354 g/mol. The number of hydrogen-bond donors (Lipinski definition) is 2. The van der Waals surface area contributed by atoms with Crippen molar-refractivity contribution in [1.82, 2.24) is 20.3 Å². The van der Waals surface area contributed by atoms with E-state index in [1.807, 2.05) is 29.6 Å². The number of carbonyl (C=O) groups is 1. The number of nitrogens with one attached hydrogen (secondary N) is 1. The molecule has 0 radical (unpaired) electrons. The predicted molar refractivity (Wildman–Crippen MR) is 96.2 cm³/mol. The smallest absolute Gasteiger partial charge is 0.254 e.